The van der Waals surface area contributed by atoms with Crippen molar-refractivity contribution in [2.24, 2.45) is 23.7 Å². The second-order valence-corrected chi connectivity index (χ2v) is 10.8. The summed E-state index contributed by atoms with van der Waals surface area (Å²) in [4.78, 5) is 0. The highest BCUT2D eigenvalue weighted by molar-refractivity contribution is 8.10. The van der Waals surface area contributed by atoms with E-state index in [1.54, 1.807) is 0 Å². The molecule has 0 saturated heterocycles. The topological polar surface area (TPSA) is 112 Å². The largest absolute Gasteiger partial charge is 0.406 e. The van der Waals surface area contributed by atoms with Gasteiger partial charge in [0.15, 0.2) is 10.0 Å². The molecule has 0 radical (unpaired) electrons. The summed E-state index contributed by atoms with van der Waals surface area (Å²) >= 11 is 0. The van der Waals surface area contributed by atoms with Crippen LogP contribution in [-0.2, 0) is 24.5 Å². The van der Waals surface area contributed by atoms with Crippen molar-refractivity contribution in [1.82, 2.24) is 0 Å². The van der Waals surface area contributed by atoms with E-state index in [-0.39, 0.29) is 11.8 Å². The number of nitrogens with zero attached hydrogens (tertiary/aromatic N) is 1. The van der Waals surface area contributed by atoms with Crippen LogP contribution in [0.4, 0.5) is 17.6 Å². The molecule has 4 aliphatic rings. The molecule has 0 aromatic heterocycles. The Morgan fingerprint density at radius 3 is 1.85 bits per heavy atom. The Kier molecular flexibility index (Phi) is 5.33. The summed E-state index contributed by atoms with van der Waals surface area (Å²) in [5, 5.41) is 2.61. The zero-order valence-corrected chi connectivity index (χ0v) is 15.7. The lowest BCUT2D eigenvalue weighted by Gasteiger charge is -2.53. The van der Waals surface area contributed by atoms with Crippen LogP contribution in [0, 0.1) is 23.7 Å². The molecule has 0 aliphatic heterocycles. The molecule has 4 saturated carbocycles. The van der Waals surface area contributed by atoms with Gasteiger partial charge in [0.1, 0.15) is 0 Å². The SMILES string of the molecule is O=S(=O)([N-]S(=O)(=O)C(F)(F)C(F)(F)CCO)OC1C2CC3CC(C2)CC1C3. The van der Waals surface area contributed by atoms with Crippen LogP contribution in [0.15, 0.2) is 0 Å². The third kappa shape index (κ3) is 3.85. The molecular weight excluding hydrogens is 418 g/mol. The molecule has 4 fully saturated rings. The Morgan fingerprint density at radius 2 is 1.41 bits per heavy atom. The minimum atomic E-state index is -6.46. The first kappa shape index (κ1) is 21.2. The molecule has 0 spiro atoms. The van der Waals surface area contributed by atoms with E-state index < -0.39 is 50.6 Å². The summed E-state index contributed by atoms with van der Waals surface area (Å²) in [5.41, 5.74) is 0. The predicted octanol–water partition coefficient (Wildman–Crippen LogP) is 2.39. The summed E-state index contributed by atoms with van der Waals surface area (Å²) in [6.07, 6.45) is 1.10. The predicted molar refractivity (Wildman–Crippen MR) is 84.7 cm³/mol. The molecule has 0 amide bonds. The molecule has 0 heterocycles. The average Bonchev–Trinajstić information content (AvgIpc) is 2.48. The quantitative estimate of drug-likeness (QED) is 0.583. The number of alkyl halides is 4. The van der Waals surface area contributed by atoms with Gasteiger partial charge in [-0.25, -0.2) is 16.8 Å². The van der Waals surface area contributed by atoms with Crippen molar-refractivity contribution in [2.45, 2.75) is 55.8 Å². The Morgan fingerprint density at radius 1 is 0.926 bits per heavy atom. The van der Waals surface area contributed by atoms with Gasteiger partial charge in [0.25, 0.3) is 0 Å². The Balaban J connectivity index is 1.74. The van der Waals surface area contributed by atoms with E-state index in [0.29, 0.717) is 37.5 Å². The monoisotopic (exact) mass is 438 g/mol. The summed E-state index contributed by atoms with van der Waals surface area (Å²) < 4.78 is 108. The van der Waals surface area contributed by atoms with Crippen molar-refractivity contribution >= 4 is 20.3 Å². The van der Waals surface area contributed by atoms with Gasteiger partial charge in [-0.05, 0) is 55.8 Å². The molecule has 4 rings (SSSR count). The normalized spacial score (nSPS) is 34.2. The number of hydrogen-bond acceptors (Lipinski definition) is 6. The molecule has 7 nitrogen and oxygen atoms in total. The average molecular weight is 438 g/mol. The zero-order valence-electron chi connectivity index (χ0n) is 14.1. The van der Waals surface area contributed by atoms with Gasteiger partial charge in [0.05, 0.1) is 6.10 Å². The Labute approximate surface area is 154 Å². The van der Waals surface area contributed by atoms with Gasteiger partial charge in [-0.15, -0.1) is 0 Å². The fraction of sp³-hybridized carbons (Fsp3) is 1.00. The summed E-state index contributed by atoms with van der Waals surface area (Å²) in [6.45, 7) is -1.42. The summed E-state index contributed by atoms with van der Waals surface area (Å²) in [7, 11) is -11.8. The van der Waals surface area contributed by atoms with Gasteiger partial charge in [-0.3, -0.25) is 4.18 Å². The van der Waals surface area contributed by atoms with Gasteiger partial charge in [-0.2, -0.15) is 17.6 Å². The molecule has 4 aliphatic carbocycles. The fourth-order valence-electron chi connectivity index (χ4n) is 4.83. The molecular formula is C14H20F4NO6S2-. The van der Waals surface area contributed by atoms with Crippen molar-refractivity contribution < 1.29 is 43.7 Å². The Hall–Kier alpha value is -0.500. The number of halogens is 4. The van der Waals surface area contributed by atoms with E-state index in [4.69, 9.17) is 9.29 Å². The number of rotatable bonds is 8. The third-order valence-electron chi connectivity index (χ3n) is 5.74. The lowest BCUT2D eigenvalue weighted by Crippen LogP contribution is -2.50. The van der Waals surface area contributed by atoms with Crippen molar-refractivity contribution in [1.29, 1.82) is 0 Å². The Bertz CT molecular complexity index is 757. The number of hydrogen-bond donors (Lipinski definition) is 1. The maximum Gasteiger partial charge on any atom is 0.391 e. The fourth-order valence-corrected chi connectivity index (χ4v) is 7.38. The van der Waals surface area contributed by atoms with E-state index in [1.165, 1.54) is 0 Å². The smallest absolute Gasteiger partial charge is 0.391 e. The van der Waals surface area contributed by atoms with Crippen LogP contribution in [0.5, 0.6) is 0 Å². The summed E-state index contributed by atoms with van der Waals surface area (Å²) in [5.74, 6) is -4.60. The maximum absolute atomic E-state index is 13.7. The first-order chi connectivity index (χ1) is 12.3. The standard InChI is InChI=1S/C14H20F4NO6S2/c15-13(16,1-2-20)14(17,18)26(21,22)19-27(23,24)25-12-10-4-8-3-9(6-10)7-11(12)5-8/h8-12,20H,1-7H2/q-1. The highest BCUT2D eigenvalue weighted by atomic mass is 32.3. The van der Waals surface area contributed by atoms with E-state index in [2.05, 4.69) is 0 Å². The molecule has 0 unspecified atom stereocenters. The number of aliphatic hydroxyl groups is 1. The first-order valence-electron chi connectivity index (χ1n) is 8.56. The van der Waals surface area contributed by atoms with Gasteiger partial charge in [0, 0.05) is 13.0 Å². The van der Waals surface area contributed by atoms with Gasteiger partial charge < -0.3 is 9.23 Å². The number of sulfonamides is 1. The second-order valence-electron chi connectivity index (χ2n) is 7.66. The van der Waals surface area contributed by atoms with Crippen molar-refractivity contribution in [2.75, 3.05) is 6.61 Å². The van der Waals surface area contributed by atoms with Crippen molar-refractivity contribution in [3.63, 3.8) is 0 Å². The van der Waals surface area contributed by atoms with E-state index in [0.717, 1.165) is 6.42 Å². The van der Waals surface area contributed by atoms with Gasteiger partial charge in [-0.1, -0.05) is 0 Å². The molecule has 13 heteroatoms. The lowest BCUT2D eigenvalue weighted by molar-refractivity contribution is -0.164. The number of aliphatic hydroxyl groups excluding tert-OH is 1. The molecule has 158 valence electrons. The minimum Gasteiger partial charge on any atom is -0.406 e. The third-order valence-corrected chi connectivity index (χ3v) is 8.67. The van der Waals surface area contributed by atoms with Crippen molar-refractivity contribution in [3.8, 4) is 0 Å². The second kappa shape index (κ2) is 6.78. The van der Waals surface area contributed by atoms with Crippen LogP contribution in [0.3, 0.4) is 0 Å². The van der Waals surface area contributed by atoms with Gasteiger partial charge in [0.2, 0.25) is 10.3 Å². The molecule has 1 N–H and O–H groups in total. The molecule has 4 bridgehead atoms. The van der Waals surface area contributed by atoms with Crippen LogP contribution in [0.2, 0.25) is 0 Å². The van der Waals surface area contributed by atoms with Crippen LogP contribution in [0.25, 0.3) is 4.13 Å². The molecule has 27 heavy (non-hydrogen) atoms. The first-order valence-corrected chi connectivity index (χ1v) is 11.4. The van der Waals surface area contributed by atoms with Crippen LogP contribution in [-0.4, -0.2) is 45.8 Å². The van der Waals surface area contributed by atoms with Crippen molar-refractivity contribution in [3.05, 3.63) is 4.13 Å². The van der Waals surface area contributed by atoms with Crippen LogP contribution in [0.1, 0.15) is 38.5 Å². The van der Waals surface area contributed by atoms with E-state index in [9.17, 15) is 34.4 Å². The van der Waals surface area contributed by atoms with E-state index in [1.807, 2.05) is 4.13 Å². The minimum absolute atomic E-state index is 0.148. The lowest BCUT2D eigenvalue weighted by atomic mass is 9.55. The molecule has 0 aromatic carbocycles. The van der Waals surface area contributed by atoms with E-state index >= 15 is 0 Å². The summed E-state index contributed by atoms with van der Waals surface area (Å²) in [6, 6.07) is 0. The molecule has 0 atom stereocenters. The highest BCUT2D eigenvalue weighted by Crippen LogP contribution is 2.55. The zero-order chi connectivity index (χ0) is 20.3. The maximum atomic E-state index is 13.7. The van der Waals surface area contributed by atoms with Gasteiger partial charge >= 0.3 is 11.2 Å². The van der Waals surface area contributed by atoms with Crippen LogP contribution < -0.4 is 0 Å². The molecule has 0 aromatic rings. The van der Waals surface area contributed by atoms with Crippen LogP contribution >= 0.6 is 0 Å². The highest BCUT2D eigenvalue weighted by Gasteiger charge is 2.62.